The van der Waals surface area contributed by atoms with Gasteiger partial charge in [-0.15, -0.1) is 5.10 Å². The molecule has 1 aromatic carbocycles. The van der Waals surface area contributed by atoms with Crippen LogP contribution in [0.25, 0.3) is 5.69 Å². The van der Waals surface area contributed by atoms with E-state index < -0.39 is 0 Å². The minimum Gasteiger partial charge on any atom is -0.467 e. The number of methoxy groups -OCH3 is 1. The average molecular weight is 374 g/mol. The maximum atomic E-state index is 12.6. The molecule has 0 bridgehead atoms. The van der Waals surface area contributed by atoms with Crippen LogP contribution in [0.15, 0.2) is 28.4 Å². The highest BCUT2D eigenvalue weighted by molar-refractivity contribution is 7.11. The summed E-state index contributed by atoms with van der Waals surface area (Å²) in [5, 5.41) is 6.62. The summed E-state index contributed by atoms with van der Waals surface area (Å²) in [5.41, 5.74) is 2.05. The van der Waals surface area contributed by atoms with Crippen molar-refractivity contribution in [3.8, 4) is 22.6 Å². The molecule has 2 heterocycles. The molecule has 0 radical (unpaired) electrons. The van der Waals surface area contributed by atoms with Crippen LogP contribution in [0.5, 0.6) is 17.0 Å². The molecule has 0 aliphatic rings. The molecule has 0 atom stereocenters. The average Bonchev–Trinajstić information content (AvgIpc) is 3.14. The van der Waals surface area contributed by atoms with Crippen molar-refractivity contribution in [3.05, 3.63) is 45.3 Å². The van der Waals surface area contributed by atoms with Gasteiger partial charge in [-0.05, 0) is 18.6 Å². The molecule has 3 rings (SSSR count). The number of ether oxygens (including phenoxy) is 2. The molecular formula is C18H22N4O3S. The van der Waals surface area contributed by atoms with Gasteiger partial charge >= 0.3 is 11.7 Å². The number of para-hydroxylation sites is 1. The number of benzene rings is 1. The van der Waals surface area contributed by atoms with Crippen LogP contribution in [0, 0.1) is 6.92 Å². The second-order valence-electron chi connectivity index (χ2n) is 7.00. The summed E-state index contributed by atoms with van der Waals surface area (Å²) in [6.45, 7) is 8.21. The van der Waals surface area contributed by atoms with Gasteiger partial charge in [-0.1, -0.05) is 44.2 Å². The summed E-state index contributed by atoms with van der Waals surface area (Å²) >= 11 is 1.43. The summed E-state index contributed by atoms with van der Waals surface area (Å²) in [6.07, 6.45) is 0. The van der Waals surface area contributed by atoms with Crippen LogP contribution in [-0.4, -0.2) is 26.4 Å². The third-order valence-corrected chi connectivity index (χ3v) is 4.67. The largest absolute Gasteiger partial charge is 0.467 e. The molecule has 0 aliphatic heterocycles. The lowest BCUT2D eigenvalue weighted by atomic mass is 9.93. The SMILES string of the molecule is COc1nn(C)c(=O)n1-c1c(C)cccc1Oc1nc(C(C)(C)C)cs1. The highest BCUT2D eigenvalue weighted by atomic mass is 32.1. The number of rotatable bonds is 4. The highest BCUT2D eigenvalue weighted by Gasteiger charge is 2.22. The maximum absolute atomic E-state index is 12.6. The molecule has 0 aliphatic carbocycles. The van der Waals surface area contributed by atoms with Gasteiger partial charge in [0, 0.05) is 17.8 Å². The van der Waals surface area contributed by atoms with Crippen molar-refractivity contribution in [2.75, 3.05) is 7.11 Å². The number of hydrogen-bond acceptors (Lipinski definition) is 6. The lowest BCUT2D eigenvalue weighted by molar-refractivity contribution is 0.366. The zero-order valence-corrected chi connectivity index (χ0v) is 16.5. The zero-order valence-electron chi connectivity index (χ0n) is 15.7. The van der Waals surface area contributed by atoms with E-state index >= 15 is 0 Å². The summed E-state index contributed by atoms with van der Waals surface area (Å²) in [4.78, 5) is 17.1. The van der Waals surface area contributed by atoms with Gasteiger partial charge in [-0.25, -0.2) is 19.0 Å². The van der Waals surface area contributed by atoms with E-state index in [-0.39, 0.29) is 17.1 Å². The summed E-state index contributed by atoms with van der Waals surface area (Å²) in [6, 6.07) is 5.79. The van der Waals surface area contributed by atoms with Crippen molar-refractivity contribution >= 4 is 11.3 Å². The molecule has 138 valence electrons. The third kappa shape index (κ3) is 3.24. The van der Waals surface area contributed by atoms with Gasteiger partial charge in [-0.2, -0.15) is 0 Å². The molecule has 0 N–H and O–H groups in total. The predicted molar refractivity (Wildman–Crippen MR) is 101 cm³/mol. The van der Waals surface area contributed by atoms with Crippen LogP contribution in [-0.2, 0) is 12.5 Å². The Balaban J connectivity index is 2.10. The molecule has 0 fully saturated rings. The third-order valence-electron chi connectivity index (χ3n) is 3.95. The van der Waals surface area contributed by atoms with E-state index in [0.29, 0.717) is 16.6 Å². The Morgan fingerprint density at radius 3 is 2.58 bits per heavy atom. The first-order valence-corrected chi connectivity index (χ1v) is 9.04. The van der Waals surface area contributed by atoms with Crippen LogP contribution >= 0.6 is 11.3 Å². The maximum Gasteiger partial charge on any atom is 0.353 e. The monoisotopic (exact) mass is 374 g/mol. The second-order valence-corrected chi connectivity index (χ2v) is 7.82. The Morgan fingerprint density at radius 2 is 1.96 bits per heavy atom. The Hall–Kier alpha value is -2.61. The van der Waals surface area contributed by atoms with Crippen LogP contribution < -0.4 is 15.2 Å². The van der Waals surface area contributed by atoms with E-state index in [2.05, 4.69) is 30.9 Å². The number of aromatic nitrogens is 4. The minimum atomic E-state index is -0.310. The molecule has 8 heteroatoms. The van der Waals surface area contributed by atoms with Crippen LogP contribution in [0.1, 0.15) is 32.0 Å². The zero-order chi connectivity index (χ0) is 19.1. The van der Waals surface area contributed by atoms with E-state index in [1.807, 2.05) is 24.4 Å². The van der Waals surface area contributed by atoms with E-state index in [9.17, 15) is 4.79 Å². The Bertz CT molecular complexity index is 995. The first-order valence-electron chi connectivity index (χ1n) is 8.16. The fraction of sp³-hybridized carbons (Fsp3) is 0.389. The molecule has 7 nitrogen and oxygen atoms in total. The first-order chi connectivity index (χ1) is 12.2. The van der Waals surface area contributed by atoms with Crippen molar-refractivity contribution in [1.29, 1.82) is 0 Å². The molecule has 3 aromatic rings. The quantitative estimate of drug-likeness (QED) is 0.700. The molecular weight excluding hydrogens is 352 g/mol. The molecule has 0 spiro atoms. The van der Waals surface area contributed by atoms with Gasteiger partial charge in [0.15, 0.2) is 5.75 Å². The number of hydrogen-bond donors (Lipinski definition) is 0. The second kappa shape index (κ2) is 6.60. The molecule has 0 amide bonds. The topological polar surface area (TPSA) is 71.2 Å². The van der Waals surface area contributed by atoms with E-state index in [1.165, 1.54) is 27.7 Å². The standard InChI is InChI=1S/C18H22N4O3S/c1-11-8-7-9-12(25-16-19-13(10-26-16)18(2,3)4)14(11)22-15(24-6)20-21(5)17(22)23/h7-10H,1-6H3. The molecule has 2 aromatic heterocycles. The van der Waals surface area contributed by atoms with Crippen LogP contribution in [0.3, 0.4) is 0 Å². The van der Waals surface area contributed by atoms with Gasteiger partial charge < -0.3 is 9.47 Å². The van der Waals surface area contributed by atoms with Gasteiger partial charge in [0.25, 0.3) is 5.19 Å². The first kappa shape index (κ1) is 18.2. The Labute approximate surface area is 155 Å². The number of aryl methyl sites for hydroxylation is 2. The molecule has 26 heavy (non-hydrogen) atoms. The molecule has 0 saturated heterocycles. The smallest absolute Gasteiger partial charge is 0.353 e. The van der Waals surface area contributed by atoms with Crippen molar-refractivity contribution in [3.63, 3.8) is 0 Å². The summed E-state index contributed by atoms with van der Waals surface area (Å²) in [7, 11) is 3.06. The molecule has 0 saturated carbocycles. The van der Waals surface area contributed by atoms with Crippen LogP contribution in [0.2, 0.25) is 0 Å². The number of thiazole rings is 1. The highest BCUT2D eigenvalue weighted by Crippen LogP contribution is 2.35. The summed E-state index contributed by atoms with van der Waals surface area (Å²) in [5.74, 6) is 0.521. The fourth-order valence-electron chi connectivity index (χ4n) is 2.51. The summed E-state index contributed by atoms with van der Waals surface area (Å²) < 4.78 is 14.0. The molecule has 0 unspecified atom stereocenters. The Kier molecular flexibility index (Phi) is 4.62. The number of nitrogens with zero attached hydrogens (tertiary/aromatic N) is 4. The fourth-order valence-corrected chi connectivity index (χ4v) is 3.42. The van der Waals surface area contributed by atoms with E-state index in [1.54, 1.807) is 13.1 Å². The lowest BCUT2D eigenvalue weighted by Crippen LogP contribution is -2.22. The van der Waals surface area contributed by atoms with Crippen molar-refractivity contribution in [1.82, 2.24) is 19.3 Å². The van der Waals surface area contributed by atoms with Gasteiger partial charge in [0.2, 0.25) is 0 Å². The van der Waals surface area contributed by atoms with Gasteiger partial charge in [-0.3, -0.25) is 0 Å². The minimum absolute atomic E-state index is 0.0585. The van der Waals surface area contributed by atoms with E-state index in [0.717, 1.165) is 11.3 Å². The normalized spacial score (nSPS) is 11.6. The van der Waals surface area contributed by atoms with E-state index in [4.69, 9.17) is 9.47 Å². The van der Waals surface area contributed by atoms with Crippen molar-refractivity contribution in [2.24, 2.45) is 7.05 Å². The predicted octanol–water partition coefficient (Wildman–Crippen LogP) is 3.43. The van der Waals surface area contributed by atoms with Gasteiger partial charge in [0.1, 0.15) is 5.69 Å². The van der Waals surface area contributed by atoms with Crippen LogP contribution in [0.4, 0.5) is 0 Å². The lowest BCUT2D eigenvalue weighted by Gasteiger charge is -2.15. The van der Waals surface area contributed by atoms with Crippen molar-refractivity contribution in [2.45, 2.75) is 33.1 Å². The van der Waals surface area contributed by atoms with Gasteiger partial charge in [0.05, 0.1) is 12.8 Å². The Morgan fingerprint density at radius 1 is 1.23 bits per heavy atom. The van der Waals surface area contributed by atoms with Crippen molar-refractivity contribution < 1.29 is 9.47 Å².